The van der Waals surface area contributed by atoms with Gasteiger partial charge < -0.3 is 15.6 Å². The summed E-state index contributed by atoms with van der Waals surface area (Å²) in [6.45, 7) is 0.601. The van der Waals surface area contributed by atoms with Crippen LogP contribution >= 0.6 is 0 Å². The summed E-state index contributed by atoms with van der Waals surface area (Å²) < 4.78 is 5.52. The first-order valence-electron chi connectivity index (χ1n) is 5.42. The van der Waals surface area contributed by atoms with Crippen molar-refractivity contribution in [2.75, 3.05) is 12.3 Å². The standard InChI is InChI=1S/C12H15NO3/c13-9-4-5-11(10(6-9)12(14)15)16-7-8-2-1-3-8/h4-6,8H,1-3,7,13H2,(H,14,15). The molecule has 1 saturated carbocycles. The van der Waals surface area contributed by atoms with Gasteiger partial charge in [0, 0.05) is 5.69 Å². The van der Waals surface area contributed by atoms with E-state index >= 15 is 0 Å². The van der Waals surface area contributed by atoms with Crippen LogP contribution in [0.5, 0.6) is 5.75 Å². The number of carboxylic acid groups (broad SMARTS) is 1. The van der Waals surface area contributed by atoms with E-state index in [4.69, 9.17) is 15.6 Å². The molecule has 0 aliphatic heterocycles. The number of rotatable bonds is 4. The van der Waals surface area contributed by atoms with Crippen LogP contribution in [0.3, 0.4) is 0 Å². The van der Waals surface area contributed by atoms with Gasteiger partial charge in [-0.15, -0.1) is 0 Å². The van der Waals surface area contributed by atoms with Gasteiger partial charge >= 0.3 is 5.97 Å². The number of carbonyl (C=O) groups is 1. The Kier molecular flexibility index (Phi) is 2.99. The molecular weight excluding hydrogens is 206 g/mol. The summed E-state index contributed by atoms with van der Waals surface area (Å²) in [6, 6.07) is 4.71. The number of ether oxygens (including phenoxy) is 1. The topological polar surface area (TPSA) is 72.5 Å². The van der Waals surface area contributed by atoms with Crippen LogP contribution in [0.25, 0.3) is 0 Å². The molecule has 4 heteroatoms. The van der Waals surface area contributed by atoms with E-state index < -0.39 is 5.97 Å². The maximum Gasteiger partial charge on any atom is 0.339 e. The first kappa shape index (κ1) is 10.8. The van der Waals surface area contributed by atoms with Crippen molar-refractivity contribution >= 4 is 11.7 Å². The van der Waals surface area contributed by atoms with Gasteiger partial charge in [-0.2, -0.15) is 0 Å². The normalized spacial score (nSPS) is 15.5. The molecule has 86 valence electrons. The van der Waals surface area contributed by atoms with Crippen molar-refractivity contribution in [3.05, 3.63) is 23.8 Å². The van der Waals surface area contributed by atoms with Crippen molar-refractivity contribution in [3.63, 3.8) is 0 Å². The minimum atomic E-state index is -1.00. The number of aromatic carboxylic acids is 1. The van der Waals surface area contributed by atoms with Crippen molar-refractivity contribution < 1.29 is 14.6 Å². The molecule has 0 atom stereocenters. The number of anilines is 1. The molecule has 0 radical (unpaired) electrons. The Morgan fingerprint density at radius 3 is 2.81 bits per heavy atom. The number of nitrogen functional groups attached to an aromatic ring is 1. The van der Waals surface area contributed by atoms with Gasteiger partial charge in [-0.1, -0.05) is 6.42 Å². The van der Waals surface area contributed by atoms with Crippen molar-refractivity contribution in [1.29, 1.82) is 0 Å². The van der Waals surface area contributed by atoms with Gasteiger partial charge in [0.25, 0.3) is 0 Å². The Bertz CT molecular complexity index is 399. The van der Waals surface area contributed by atoms with Gasteiger partial charge in [0.2, 0.25) is 0 Å². The van der Waals surface area contributed by atoms with Crippen LogP contribution in [0.4, 0.5) is 5.69 Å². The van der Waals surface area contributed by atoms with Gasteiger partial charge in [0.15, 0.2) is 0 Å². The average molecular weight is 221 g/mol. The fourth-order valence-corrected chi connectivity index (χ4v) is 1.71. The minimum Gasteiger partial charge on any atom is -0.492 e. The highest BCUT2D eigenvalue weighted by Crippen LogP contribution is 2.28. The summed E-state index contributed by atoms with van der Waals surface area (Å²) in [4.78, 5) is 11.0. The highest BCUT2D eigenvalue weighted by Gasteiger charge is 2.19. The fraction of sp³-hybridized carbons (Fsp3) is 0.417. The number of nitrogens with two attached hydrogens (primary N) is 1. The number of carboxylic acids is 1. The second-order valence-electron chi connectivity index (χ2n) is 4.17. The average Bonchev–Trinajstić information content (AvgIpc) is 2.17. The second-order valence-corrected chi connectivity index (χ2v) is 4.17. The zero-order valence-electron chi connectivity index (χ0n) is 8.98. The molecule has 0 bridgehead atoms. The second kappa shape index (κ2) is 4.43. The molecule has 16 heavy (non-hydrogen) atoms. The molecule has 1 aromatic carbocycles. The first-order valence-corrected chi connectivity index (χ1v) is 5.42. The Morgan fingerprint density at radius 1 is 1.50 bits per heavy atom. The molecule has 0 spiro atoms. The lowest BCUT2D eigenvalue weighted by Gasteiger charge is -2.25. The molecule has 3 N–H and O–H groups in total. The van der Waals surface area contributed by atoms with Crippen molar-refractivity contribution in [2.45, 2.75) is 19.3 Å². The first-order chi connectivity index (χ1) is 7.66. The quantitative estimate of drug-likeness (QED) is 0.764. The number of hydrogen-bond donors (Lipinski definition) is 2. The molecular formula is C12H15NO3. The zero-order chi connectivity index (χ0) is 11.5. The third kappa shape index (κ3) is 2.27. The fourth-order valence-electron chi connectivity index (χ4n) is 1.71. The van der Waals surface area contributed by atoms with Gasteiger partial charge in [0.1, 0.15) is 11.3 Å². The maximum atomic E-state index is 11.0. The highest BCUT2D eigenvalue weighted by molar-refractivity contribution is 5.92. The SMILES string of the molecule is Nc1ccc(OCC2CCC2)c(C(=O)O)c1. The Hall–Kier alpha value is -1.71. The summed E-state index contributed by atoms with van der Waals surface area (Å²) in [6.07, 6.45) is 3.61. The third-order valence-electron chi connectivity index (χ3n) is 2.93. The smallest absolute Gasteiger partial charge is 0.339 e. The van der Waals surface area contributed by atoms with Gasteiger partial charge in [-0.05, 0) is 37.0 Å². The van der Waals surface area contributed by atoms with Gasteiger partial charge in [-0.3, -0.25) is 0 Å². The maximum absolute atomic E-state index is 11.0. The summed E-state index contributed by atoms with van der Waals surface area (Å²) in [7, 11) is 0. The van der Waals surface area contributed by atoms with Crippen LogP contribution in [0, 0.1) is 5.92 Å². The summed E-state index contributed by atoms with van der Waals surface area (Å²) in [5, 5.41) is 8.99. The Morgan fingerprint density at radius 2 is 2.25 bits per heavy atom. The van der Waals surface area contributed by atoms with Crippen LogP contribution < -0.4 is 10.5 Å². The van der Waals surface area contributed by atoms with Gasteiger partial charge in [0.05, 0.1) is 6.61 Å². The lowest BCUT2D eigenvalue weighted by atomic mass is 9.86. The molecule has 2 rings (SSSR count). The van der Waals surface area contributed by atoms with Crippen LogP contribution in [0.15, 0.2) is 18.2 Å². The Labute approximate surface area is 94.0 Å². The van der Waals surface area contributed by atoms with Crippen molar-refractivity contribution in [2.24, 2.45) is 5.92 Å². The van der Waals surface area contributed by atoms with Crippen LogP contribution in [-0.2, 0) is 0 Å². The van der Waals surface area contributed by atoms with Crippen LogP contribution in [0.1, 0.15) is 29.6 Å². The number of hydrogen-bond acceptors (Lipinski definition) is 3. The minimum absolute atomic E-state index is 0.138. The monoisotopic (exact) mass is 221 g/mol. The molecule has 0 heterocycles. The molecule has 1 aliphatic rings. The molecule has 0 saturated heterocycles. The zero-order valence-corrected chi connectivity index (χ0v) is 8.98. The molecule has 1 fully saturated rings. The third-order valence-corrected chi connectivity index (χ3v) is 2.93. The van der Waals surface area contributed by atoms with E-state index in [1.807, 2.05) is 0 Å². The lowest BCUT2D eigenvalue weighted by Crippen LogP contribution is -2.20. The van der Waals surface area contributed by atoms with E-state index in [0.717, 1.165) is 0 Å². The van der Waals surface area contributed by atoms with Crippen molar-refractivity contribution in [1.82, 2.24) is 0 Å². The van der Waals surface area contributed by atoms with E-state index in [1.165, 1.54) is 25.3 Å². The van der Waals surface area contributed by atoms with E-state index in [9.17, 15) is 4.79 Å². The number of benzene rings is 1. The lowest BCUT2D eigenvalue weighted by molar-refractivity contribution is 0.0690. The highest BCUT2D eigenvalue weighted by atomic mass is 16.5. The predicted octanol–water partition coefficient (Wildman–Crippen LogP) is 2.15. The molecule has 0 aromatic heterocycles. The van der Waals surface area contributed by atoms with E-state index in [-0.39, 0.29) is 5.56 Å². The largest absolute Gasteiger partial charge is 0.492 e. The van der Waals surface area contributed by atoms with E-state index in [0.29, 0.717) is 24.0 Å². The van der Waals surface area contributed by atoms with Crippen LogP contribution in [-0.4, -0.2) is 17.7 Å². The molecule has 0 unspecified atom stereocenters. The van der Waals surface area contributed by atoms with Crippen LogP contribution in [0.2, 0.25) is 0 Å². The van der Waals surface area contributed by atoms with E-state index in [2.05, 4.69) is 0 Å². The summed E-state index contributed by atoms with van der Waals surface area (Å²) in [5.41, 5.74) is 6.12. The predicted molar refractivity (Wildman–Crippen MR) is 60.6 cm³/mol. The molecule has 0 amide bonds. The Balaban J connectivity index is 2.08. The molecule has 1 aliphatic carbocycles. The van der Waals surface area contributed by atoms with Crippen molar-refractivity contribution in [3.8, 4) is 5.75 Å². The molecule has 4 nitrogen and oxygen atoms in total. The summed E-state index contributed by atoms with van der Waals surface area (Å²) >= 11 is 0. The molecule has 1 aromatic rings. The summed E-state index contributed by atoms with van der Waals surface area (Å²) in [5.74, 6) is -0.0105. The van der Waals surface area contributed by atoms with E-state index in [1.54, 1.807) is 12.1 Å². The van der Waals surface area contributed by atoms with Gasteiger partial charge in [-0.25, -0.2) is 4.79 Å².